The standard InChI is InChI=1S/C6H4N2O4/c9-5(10)3-1-7-2-8-4(3)6(11)12/h1-2H,(H,9,10)(H,11,12). The van der Waals surface area contributed by atoms with Crippen LogP contribution in [-0.2, 0) is 0 Å². The van der Waals surface area contributed by atoms with E-state index in [1.165, 1.54) is 0 Å². The number of rotatable bonds is 2. The Labute approximate surface area is 66.5 Å². The van der Waals surface area contributed by atoms with Crippen LogP contribution < -0.4 is 0 Å². The van der Waals surface area contributed by atoms with Crippen LogP contribution in [-0.4, -0.2) is 32.1 Å². The number of hydrogen-bond acceptors (Lipinski definition) is 4. The highest BCUT2D eigenvalue weighted by Crippen LogP contribution is 2.02. The van der Waals surface area contributed by atoms with E-state index in [0.29, 0.717) is 0 Å². The fourth-order valence-corrected chi connectivity index (χ4v) is 0.657. The number of aromatic nitrogens is 2. The molecule has 0 aliphatic heterocycles. The van der Waals surface area contributed by atoms with E-state index in [2.05, 4.69) is 9.97 Å². The van der Waals surface area contributed by atoms with Gasteiger partial charge >= 0.3 is 11.9 Å². The van der Waals surface area contributed by atoms with Crippen molar-refractivity contribution in [2.45, 2.75) is 0 Å². The van der Waals surface area contributed by atoms with Crippen LogP contribution in [0.15, 0.2) is 12.5 Å². The molecule has 12 heavy (non-hydrogen) atoms. The molecule has 0 aliphatic rings. The number of carboxylic acid groups (broad SMARTS) is 2. The van der Waals surface area contributed by atoms with Gasteiger partial charge in [0, 0.05) is 6.20 Å². The largest absolute Gasteiger partial charge is 0.478 e. The van der Waals surface area contributed by atoms with Gasteiger partial charge in [0.2, 0.25) is 0 Å². The molecule has 0 unspecified atom stereocenters. The van der Waals surface area contributed by atoms with E-state index in [1.54, 1.807) is 0 Å². The maximum atomic E-state index is 10.4. The lowest BCUT2D eigenvalue weighted by Gasteiger charge is -1.96. The average Bonchev–Trinajstić information content (AvgIpc) is 2.04. The molecule has 0 radical (unpaired) electrons. The van der Waals surface area contributed by atoms with Crippen molar-refractivity contribution in [2.24, 2.45) is 0 Å². The number of hydrogen-bond donors (Lipinski definition) is 2. The zero-order valence-corrected chi connectivity index (χ0v) is 5.76. The third-order valence-electron chi connectivity index (χ3n) is 1.15. The van der Waals surface area contributed by atoms with Crippen molar-refractivity contribution >= 4 is 11.9 Å². The van der Waals surface area contributed by atoms with Crippen LogP contribution in [0.25, 0.3) is 0 Å². The molecule has 0 fully saturated rings. The predicted octanol–water partition coefficient (Wildman–Crippen LogP) is -0.127. The predicted molar refractivity (Wildman–Crippen MR) is 36.0 cm³/mol. The first kappa shape index (κ1) is 8.12. The van der Waals surface area contributed by atoms with Gasteiger partial charge < -0.3 is 10.2 Å². The summed E-state index contributed by atoms with van der Waals surface area (Å²) in [6.45, 7) is 0. The highest BCUT2D eigenvalue weighted by molar-refractivity contribution is 5.99. The third-order valence-corrected chi connectivity index (χ3v) is 1.15. The smallest absolute Gasteiger partial charge is 0.355 e. The molecular weight excluding hydrogens is 164 g/mol. The summed E-state index contributed by atoms with van der Waals surface area (Å²) in [4.78, 5) is 27.5. The normalized spacial score (nSPS) is 9.33. The van der Waals surface area contributed by atoms with Gasteiger partial charge in [-0.3, -0.25) is 0 Å². The molecule has 2 N–H and O–H groups in total. The van der Waals surface area contributed by atoms with Crippen LogP contribution in [0.2, 0.25) is 0 Å². The molecule has 0 atom stereocenters. The minimum atomic E-state index is -1.38. The Morgan fingerprint density at radius 3 is 2.33 bits per heavy atom. The quantitative estimate of drug-likeness (QED) is 0.638. The first-order chi connectivity index (χ1) is 5.63. The van der Waals surface area contributed by atoms with Gasteiger partial charge in [-0.1, -0.05) is 0 Å². The Balaban J connectivity index is 3.27. The summed E-state index contributed by atoms with van der Waals surface area (Å²) in [6, 6.07) is 0. The maximum absolute atomic E-state index is 10.4. The molecule has 0 bridgehead atoms. The third kappa shape index (κ3) is 1.36. The van der Waals surface area contributed by atoms with Crippen molar-refractivity contribution in [3.8, 4) is 0 Å². The summed E-state index contributed by atoms with van der Waals surface area (Å²) < 4.78 is 0. The van der Waals surface area contributed by atoms with E-state index >= 15 is 0 Å². The van der Waals surface area contributed by atoms with Crippen molar-refractivity contribution in [1.29, 1.82) is 0 Å². The Morgan fingerprint density at radius 2 is 1.92 bits per heavy atom. The summed E-state index contributed by atoms with van der Waals surface area (Å²) in [5.41, 5.74) is -0.914. The van der Waals surface area contributed by atoms with Crippen LogP contribution in [0.5, 0.6) is 0 Å². The molecular formula is C6H4N2O4. The molecule has 1 aromatic rings. The van der Waals surface area contributed by atoms with E-state index < -0.39 is 23.2 Å². The van der Waals surface area contributed by atoms with Gasteiger partial charge in [0.25, 0.3) is 0 Å². The summed E-state index contributed by atoms with van der Waals surface area (Å²) in [7, 11) is 0. The van der Waals surface area contributed by atoms with Crippen molar-refractivity contribution in [3.63, 3.8) is 0 Å². The Bertz CT molecular complexity index is 303. The summed E-state index contributed by atoms with van der Waals surface area (Å²) in [5, 5.41) is 16.9. The molecule has 6 nitrogen and oxygen atoms in total. The summed E-state index contributed by atoms with van der Waals surface area (Å²) in [5.74, 6) is -2.73. The van der Waals surface area contributed by atoms with Crippen molar-refractivity contribution in [3.05, 3.63) is 23.8 Å². The van der Waals surface area contributed by atoms with Crippen LogP contribution in [0.3, 0.4) is 0 Å². The molecule has 1 rings (SSSR count). The second-order valence-electron chi connectivity index (χ2n) is 1.90. The Hall–Kier alpha value is -1.98. The monoisotopic (exact) mass is 168 g/mol. The minimum absolute atomic E-state index is 0.412. The SMILES string of the molecule is O=C(O)c1cncnc1C(=O)O. The molecule has 0 saturated heterocycles. The van der Waals surface area contributed by atoms with E-state index in [-0.39, 0.29) is 0 Å². The van der Waals surface area contributed by atoms with Gasteiger partial charge in [0.15, 0.2) is 5.69 Å². The minimum Gasteiger partial charge on any atom is -0.478 e. The highest BCUT2D eigenvalue weighted by atomic mass is 16.4. The molecule has 1 aromatic heterocycles. The number of carboxylic acids is 2. The fourth-order valence-electron chi connectivity index (χ4n) is 0.657. The molecule has 0 amide bonds. The van der Waals surface area contributed by atoms with Gasteiger partial charge in [-0.05, 0) is 0 Å². The van der Waals surface area contributed by atoms with E-state index in [4.69, 9.17) is 10.2 Å². The lowest BCUT2D eigenvalue weighted by molar-refractivity contribution is 0.0645. The molecule has 1 heterocycles. The summed E-state index contributed by atoms with van der Waals surface area (Å²) >= 11 is 0. The topological polar surface area (TPSA) is 100 Å². The van der Waals surface area contributed by atoms with Crippen molar-refractivity contribution < 1.29 is 19.8 Å². The molecule has 0 aromatic carbocycles. The van der Waals surface area contributed by atoms with Crippen molar-refractivity contribution in [2.75, 3.05) is 0 Å². The second kappa shape index (κ2) is 2.95. The summed E-state index contributed by atoms with van der Waals surface area (Å²) in [6.07, 6.45) is 1.93. The van der Waals surface area contributed by atoms with Crippen molar-refractivity contribution in [1.82, 2.24) is 9.97 Å². The van der Waals surface area contributed by atoms with Gasteiger partial charge in [-0.25, -0.2) is 19.6 Å². The van der Waals surface area contributed by atoms with Gasteiger partial charge in [-0.2, -0.15) is 0 Å². The van der Waals surface area contributed by atoms with E-state index in [0.717, 1.165) is 12.5 Å². The lowest BCUT2D eigenvalue weighted by Crippen LogP contribution is -2.10. The van der Waals surface area contributed by atoms with Crippen LogP contribution in [0, 0.1) is 0 Å². The first-order valence-corrected chi connectivity index (χ1v) is 2.89. The van der Waals surface area contributed by atoms with Gasteiger partial charge in [-0.15, -0.1) is 0 Å². The van der Waals surface area contributed by atoms with Gasteiger partial charge in [0.1, 0.15) is 11.9 Å². The molecule has 62 valence electrons. The Kier molecular flexibility index (Phi) is 2.00. The van der Waals surface area contributed by atoms with Crippen LogP contribution >= 0.6 is 0 Å². The number of aromatic carboxylic acids is 2. The first-order valence-electron chi connectivity index (χ1n) is 2.89. The van der Waals surface area contributed by atoms with Crippen LogP contribution in [0.1, 0.15) is 20.8 Å². The van der Waals surface area contributed by atoms with Gasteiger partial charge in [0.05, 0.1) is 0 Å². The zero-order chi connectivity index (χ0) is 9.14. The average molecular weight is 168 g/mol. The number of carbonyl (C=O) groups is 2. The molecule has 0 spiro atoms. The van der Waals surface area contributed by atoms with E-state index in [9.17, 15) is 9.59 Å². The highest BCUT2D eigenvalue weighted by Gasteiger charge is 2.16. The van der Waals surface area contributed by atoms with Crippen LogP contribution in [0.4, 0.5) is 0 Å². The Morgan fingerprint density at radius 1 is 1.25 bits per heavy atom. The maximum Gasteiger partial charge on any atom is 0.355 e. The number of nitrogens with zero attached hydrogens (tertiary/aromatic N) is 2. The fraction of sp³-hybridized carbons (Fsp3) is 0. The second-order valence-corrected chi connectivity index (χ2v) is 1.90. The lowest BCUT2D eigenvalue weighted by atomic mass is 10.2. The molecule has 6 heteroatoms. The van der Waals surface area contributed by atoms with E-state index in [1.807, 2.05) is 0 Å². The molecule has 0 saturated carbocycles. The molecule has 0 aliphatic carbocycles. The zero-order valence-electron chi connectivity index (χ0n) is 5.76.